The molecule has 3 heteroatoms. The molecule has 0 atom stereocenters. The predicted molar refractivity (Wildman–Crippen MR) is 67.0 cm³/mol. The number of rotatable bonds is 0. The van der Waals surface area contributed by atoms with Crippen LogP contribution >= 0.6 is 0 Å². The van der Waals surface area contributed by atoms with Crippen molar-refractivity contribution in [2.24, 2.45) is 0 Å². The molecule has 0 aromatic heterocycles. The van der Waals surface area contributed by atoms with Crippen LogP contribution < -0.4 is 0 Å². The molecule has 0 bridgehead atoms. The van der Waals surface area contributed by atoms with Crippen molar-refractivity contribution < 1.29 is 14.4 Å². The molecule has 0 unspecified atom stereocenters. The number of benzene rings is 2. The van der Waals surface area contributed by atoms with Gasteiger partial charge in [0.15, 0.2) is 5.78 Å². The van der Waals surface area contributed by atoms with E-state index >= 15 is 0 Å². The van der Waals surface area contributed by atoms with Crippen LogP contribution in [0.1, 0.15) is 32.7 Å². The maximum Gasteiger partial charge on any atom is 0.230 e. The number of carbonyl (C=O) groups is 3. The normalized spacial score (nSPS) is 15.1. The number of carbonyl (C=O) groups excluding carboxylic acids is 3. The molecular weight excluding hydrogens is 228 g/mol. The topological polar surface area (TPSA) is 51.2 Å². The Morgan fingerprint density at radius 3 is 2.33 bits per heavy atom. The second kappa shape index (κ2) is 3.60. The second-order valence-electron chi connectivity index (χ2n) is 4.51. The molecule has 88 valence electrons. The van der Waals surface area contributed by atoms with Crippen LogP contribution in [-0.4, -0.2) is 17.3 Å². The molecule has 2 aromatic rings. The van der Waals surface area contributed by atoms with Crippen LogP contribution in [0.5, 0.6) is 0 Å². The molecule has 1 aliphatic rings. The van der Waals surface area contributed by atoms with Gasteiger partial charge in [-0.25, -0.2) is 0 Å². The number of hydrogen-bond donors (Lipinski definition) is 0. The molecule has 0 fully saturated rings. The van der Waals surface area contributed by atoms with E-state index in [0.29, 0.717) is 10.9 Å². The van der Waals surface area contributed by atoms with E-state index in [9.17, 15) is 14.4 Å². The zero-order chi connectivity index (χ0) is 12.9. The van der Waals surface area contributed by atoms with E-state index in [1.807, 2.05) is 19.1 Å². The predicted octanol–water partition coefficient (Wildman–Crippen LogP) is 2.49. The van der Waals surface area contributed by atoms with Crippen molar-refractivity contribution in [3.05, 3.63) is 47.0 Å². The van der Waals surface area contributed by atoms with Crippen molar-refractivity contribution >= 4 is 28.1 Å². The summed E-state index contributed by atoms with van der Waals surface area (Å²) in [5, 5.41) is 1.60. The third-order valence-corrected chi connectivity index (χ3v) is 3.35. The van der Waals surface area contributed by atoms with Gasteiger partial charge in [0.25, 0.3) is 0 Å². The first-order valence-corrected chi connectivity index (χ1v) is 5.72. The second-order valence-corrected chi connectivity index (χ2v) is 4.51. The first-order chi connectivity index (χ1) is 8.59. The number of fused-ring (bicyclic) bond motifs is 3. The number of ketones is 3. The third-order valence-electron chi connectivity index (χ3n) is 3.35. The minimum Gasteiger partial charge on any atom is -0.294 e. The van der Waals surface area contributed by atoms with E-state index < -0.39 is 11.6 Å². The monoisotopic (exact) mass is 238 g/mol. The fraction of sp³-hybridized carbons (Fsp3) is 0.133. The van der Waals surface area contributed by atoms with Crippen LogP contribution in [0.3, 0.4) is 0 Å². The van der Waals surface area contributed by atoms with Crippen LogP contribution in [0.25, 0.3) is 10.8 Å². The fourth-order valence-corrected chi connectivity index (χ4v) is 2.48. The summed E-state index contributed by atoms with van der Waals surface area (Å²) in [6.45, 7) is 1.90. The van der Waals surface area contributed by atoms with Gasteiger partial charge in [0, 0.05) is 11.1 Å². The van der Waals surface area contributed by atoms with Crippen molar-refractivity contribution in [2.75, 3.05) is 0 Å². The Kier molecular flexibility index (Phi) is 2.17. The van der Waals surface area contributed by atoms with Crippen LogP contribution in [0, 0.1) is 6.92 Å². The molecule has 0 spiro atoms. The zero-order valence-corrected chi connectivity index (χ0v) is 9.82. The zero-order valence-electron chi connectivity index (χ0n) is 9.82. The molecule has 0 saturated heterocycles. The number of Topliss-reactive ketones (excluding diaryl/α,β-unsaturated/α-hetero) is 3. The van der Waals surface area contributed by atoms with Crippen LogP contribution in [0.4, 0.5) is 0 Å². The Labute approximate surface area is 103 Å². The van der Waals surface area contributed by atoms with E-state index in [0.717, 1.165) is 10.9 Å². The standard InChI is InChI=1S/C15H10O3/c1-8-6-11-12(16)7-13(17)15(18)14(11)10-5-3-2-4-9(8)10/h2-6H,7H2,1H3. The summed E-state index contributed by atoms with van der Waals surface area (Å²) in [6.07, 6.45) is -0.302. The average Bonchev–Trinajstić information content (AvgIpc) is 2.36. The number of aryl methyl sites for hydroxylation is 1. The van der Waals surface area contributed by atoms with Crippen molar-refractivity contribution in [3.8, 4) is 0 Å². The Hall–Kier alpha value is -2.29. The van der Waals surface area contributed by atoms with Gasteiger partial charge in [0.1, 0.15) is 0 Å². The maximum absolute atomic E-state index is 12.0. The van der Waals surface area contributed by atoms with E-state index in [-0.39, 0.29) is 17.8 Å². The van der Waals surface area contributed by atoms with Crippen molar-refractivity contribution in [2.45, 2.75) is 13.3 Å². The highest BCUT2D eigenvalue weighted by Gasteiger charge is 2.32. The van der Waals surface area contributed by atoms with Gasteiger partial charge in [-0.2, -0.15) is 0 Å². The lowest BCUT2D eigenvalue weighted by atomic mass is 9.84. The summed E-state index contributed by atoms with van der Waals surface area (Å²) in [6, 6.07) is 9.06. The molecule has 0 aliphatic heterocycles. The smallest absolute Gasteiger partial charge is 0.230 e. The van der Waals surface area contributed by atoms with E-state index in [4.69, 9.17) is 0 Å². The fourth-order valence-electron chi connectivity index (χ4n) is 2.48. The van der Waals surface area contributed by atoms with E-state index in [1.54, 1.807) is 18.2 Å². The lowest BCUT2D eigenvalue weighted by Crippen LogP contribution is -2.27. The summed E-state index contributed by atoms with van der Waals surface area (Å²) in [7, 11) is 0. The minimum atomic E-state index is -0.610. The highest BCUT2D eigenvalue weighted by atomic mass is 16.2. The third kappa shape index (κ3) is 1.34. The van der Waals surface area contributed by atoms with Gasteiger partial charge >= 0.3 is 0 Å². The van der Waals surface area contributed by atoms with Crippen molar-refractivity contribution in [1.82, 2.24) is 0 Å². The molecule has 0 radical (unpaired) electrons. The van der Waals surface area contributed by atoms with Gasteiger partial charge in [0.2, 0.25) is 11.6 Å². The molecule has 0 amide bonds. The van der Waals surface area contributed by atoms with E-state index in [2.05, 4.69) is 0 Å². The van der Waals surface area contributed by atoms with E-state index in [1.165, 1.54) is 0 Å². The first kappa shape index (κ1) is 10.8. The van der Waals surface area contributed by atoms with Gasteiger partial charge in [-0.3, -0.25) is 14.4 Å². The summed E-state index contributed by atoms with van der Waals surface area (Å²) >= 11 is 0. The van der Waals surface area contributed by atoms with Gasteiger partial charge in [-0.15, -0.1) is 0 Å². The molecular formula is C15H10O3. The molecule has 0 heterocycles. The molecule has 0 saturated carbocycles. The van der Waals surface area contributed by atoms with Crippen molar-refractivity contribution in [3.63, 3.8) is 0 Å². The molecule has 3 rings (SSSR count). The van der Waals surface area contributed by atoms with Crippen molar-refractivity contribution in [1.29, 1.82) is 0 Å². The molecule has 0 N–H and O–H groups in total. The molecule has 2 aromatic carbocycles. The minimum absolute atomic E-state index is 0.261. The molecule has 18 heavy (non-hydrogen) atoms. The highest BCUT2D eigenvalue weighted by molar-refractivity contribution is 6.52. The Morgan fingerprint density at radius 2 is 1.61 bits per heavy atom. The Balaban J connectivity index is 2.50. The quantitative estimate of drug-likeness (QED) is 0.523. The van der Waals surface area contributed by atoms with Gasteiger partial charge in [0.05, 0.1) is 6.42 Å². The Morgan fingerprint density at radius 1 is 0.944 bits per heavy atom. The van der Waals surface area contributed by atoms with Crippen LogP contribution in [0.15, 0.2) is 30.3 Å². The lowest BCUT2D eigenvalue weighted by Gasteiger charge is -2.16. The summed E-state index contributed by atoms with van der Waals surface area (Å²) < 4.78 is 0. The molecule has 3 nitrogen and oxygen atoms in total. The number of hydrogen-bond acceptors (Lipinski definition) is 3. The Bertz CT molecular complexity index is 726. The summed E-state index contributed by atoms with van der Waals surface area (Å²) in [4.78, 5) is 35.4. The SMILES string of the molecule is Cc1cc2c(c3ccccc13)C(=O)C(=O)CC2=O. The van der Waals surface area contributed by atoms with Gasteiger partial charge < -0.3 is 0 Å². The molecule has 1 aliphatic carbocycles. The van der Waals surface area contributed by atoms with Crippen LogP contribution in [-0.2, 0) is 4.79 Å². The maximum atomic E-state index is 12.0. The summed E-state index contributed by atoms with van der Waals surface area (Å²) in [5.41, 5.74) is 1.60. The highest BCUT2D eigenvalue weighted by Crippen LogP contribution is 2.30. The van der Waals surface area contributed by atoms with Gasteiger partial charge in [-0.1, -0.05) is 24.3 Å². The summed E-state index contributed by atoms with van der Waals surface area (Å²) in [5.74, 6) is -1.41. The van der Waals surface area contributed by atoms with Crippen LogP contribution in [0.2, 0.25) is 0 Å². The average molecular weight is 238 g/mol. The van der Waals surface area contributed by atoms with Gasteiger partial charge in [-0.05, 0) is 29.3 Å². The largest absolute Gasteiger partial charge is 0.294 e. The lowest BCUT2D eigenvalue weighted by molar-refractivity contribution is -0.114. The first-order valence-electron chi connectivity index (χ1n) is 5.72.